The van der Waals surface area contributed by atoms with Crippen LogP contribution in [0.15, 0.2) is 23.4 Å². The molecule has 0 aromatic heterocycles. The smallest absolute Gasteiger partial charge is 0.123 e. The summed E-state index contributed by atoms with van der Waals surface area (Å²) >= 11 is 0. The van der Waals surface area contributed by atoms with E-state index in [1.54, 1.807) is 6.07 Å². The van der Waals surface area contributed by atoms with Gasteiger partial charge in [-0.05, 0) is 42.5 Å². The van der Waals surface area contributed by atoms with Crippen LogP contribution in [0.5, 0.6) is 0 Å². The van der Waals surface area contributed by atoms with Gasteiger partial charge in [0.15, 0.2) is 0 Å². The summed E-state index contributed by atoms with van der Waals surface area (Å²) in [6, 6.07) is 6.50. The topological polar surface area (TPSA) is 56.4 Å². The van der Waals surface area contributed by atoms with Crippen LogP contribution in [0, 0.1) is 17.1 Å². The number of hydrogen-bond acceptors (Lipinski definition) is 3. The van der Waals surface area contributed by atoms with Crippen molar-refractivity contribution in [1.82, 2.24) is 0 Å². The average Bonchev–Trinajstić information content (AvgIpc) is 2.30. The van der Waals surface area contributed by atoms with Gasteiger partial charge in [0.1, 0.15) is 5.82 Å². The van der Waals surface area contributed by atoms with Crippen molar-refractivity contribution in [2.24, 2.45) is 5.16 Å². The molecule has 0 amide bonds. The number of nitrogens with zero attached hydrogens (tertiary/aromatic N) is 2. The zero-order valence-corrected chi connectivity index (χ0v) is 8.65. The highest BCUT2D eigenvalue weighted by molar-refractivity contribution is 6.02. The van der Waals surface area contributed by atoms with Gasteiger partial charge in [0.25, 0.3) is 0 Å². The third kappa shape index (κ3) is 1.76. The Hall–Kier alpha value is -1.89. The SMILES string of the molecule is N#CCC1CC/C(=N\O)c2ccc(F)cc21. The minimum absolute atomic E-state index is 0.0428. The molecule has 0 bridgehead atoms. The molecule has 0 saturated carbocycles. The predicted octanol–water partition coefficient (Wildman–Crippen LogP) is 2.80. The first kappa shape index (κ1) is 10.6. The van der Waals surface area contributed by atoms with Gasteiger partial charge in [-0.3, -0.25) is 0 Å². The monoisotopic (exact) mass is 218 g/mol. The molecule has 1 aliphatic carbocycles. The Bertz CT molecular complexity index is 476. The Morgan fingerprint density at radius 2 is 2.38 bits per heavy atom. The molecule has 1 aliphatic rings. The Morgan fingerprint density at radius 3 is 3.06 bits per heavy atom. The highest BCUT2D eigenvalue weighted by Gasteiger charge is 2.24. The fourth-order valence-electron chi connectivity index (χ4n) is 2.16. The van der Waals surface area contributed by atoms with Gasteiger partial charge in [-0.15, -0.1) is 0 Å². The molecule has 1 atom stereocenters. The van der Waals surface area contributed by atoms with Crippen LogP contribution in [-0.2, 0) is 0 Å². The lowest BCUT2D eigenvalue weighted by Crippen LogP contribution is -2.16. The number of oxime groups is 1. The molecule has 82 valence electrons. The van der Waals surface area contributed by atoms with E-state index in [4.69, 9.17) is 10.5 Å². The van der Waals surface area contributed by atoms with Crippen LogP contribution in [0.3, 0.4) is 0 Å². The Balaban J connectivity index is 2.50. The fraction of sp³-hybridized carbons (Fsp3) is 0.333. The van der Waals surface area contributed by atoms with Gasteiger partial charge in [0.2, 0.25) is 0 Å². The first-order chi connectivity index (χ1) is 7.76. The Labute approximate surface area is 92.8 Å². The third-order valence-corrected chi connectivity index (χ3v) is 2.95. The summed E-state index contributed by atoms with van der Waals surface area (Å²) in [5.41, 5.74) is 2.11. The first-order valence-electron chi connectivity index (χ1n) is 5.14. The molecule has 4 heteroatoms. The normalized spacial score (nSPS) is 21.5. The summed E-state index contributed by atoms with van der Waals surface area (Å²) in [5.74, 6) is -0.276. The van der Waals surface area contributed by atoms with Crippen LogP contribution in [0.4, 0.5) is 4.39 Å². The molecular formula is C12H11FN2O. The van der Waals surface area contributed by atoms with E-state index in [0.29, 0.717) is 18.6 Å². The second-order valence-electron chi connectivity index (χ2n) is 3.88. The van der Waals surface area contributed by atoms with E-state index in [1.165, 1.54) is 12.1 Å². The molecule has 0 aliphatic heterocycles. The zero-order valence-electron chi connectivity index (χ0n) is 8.65. The van der Waals surface area contributed by atoms with Gasteiger partial charge >= 0.3 is 0 Å². The standard InChI is InChI=1S/C12H11FN2O/c13-9-2-3-10-11(7-9)8(5-6-14)1-4-12(10)15-16/h2-3,7-8,16H,1,4-5H2/b15-12+. The van der Waals surface area contributed by atoms with Crippen LogP contribution in [0.1, 0.15) is 36.3 Å². The van der Waals surface area contributed by atoms with E-state index in [0.717, 1.165) is 17.5 Å². The van der Waals surface area contributed by atoms with Crippen LogP contribution in [0.25, 0.3) is 0 Å². The Kier molecular flexibility index (Phi) is 2.86. The van der Waals surface area contributed by atoms with Gasteiger partial charge in [-0.25, -0.2) is 4.39 Å². The minimum Gasteiger partial charge on any atom is -0.411 e. The predicted molar refractivity (Wildman–Crippen MR) is 56.9 cm³/mol. The third-order valence-electron chi connectivity index (χ3n) is 2.95. The first-order valence-corrected chi connectivity index (χ1v) is 5.14. The molecule has 0 heterocycles. The lowest BCUT2D eigenvalue weighted by molar-refractivity contribution is 0.317. The zero-order chi connectivity index (χ0) is 11.5. The van der Waals surface area contributed by atoms with Gasteiger partial charge in [-0.2, -0.15) is 5.26 Å². The number of hydrogen-bond donors (Lipinski definition) is 1. The number of nitriles is 1. The van der Waals surface area contributed by atoms with E-state index >= 15 is 0 Å². The molecule has 0 spiro atoms. The maximum Gasteiger partial charge on any atom is 0.123 e. The maximum absolute atomic E-state index is 13.2. The van der Waals surface area contributed by atoms with Crippen molar-refractivity contribution in [2.45, 2.75) is 25.2 Å². The maximum atomic E-state index is 13.2. The number of benzene rings is 1. The van der Waals surface area contributed by atoms with Crippen molar-refractivity contribution in [2.75, 3.05) is 0 Å². The Morgan fingerprint density at radius 1 is 1.56 bits per heavy atom. The summed E-state index contributed by atoms with van der Waals surface area (Å²) in [6.45, 7) is 0. The van der Waals surface area contributed by atoms with Crippen molar-refractivity contribution in [1.29, 1.82) is 5.26 Å². The van der Waals surface area contributed by atoms with Crippen LogP contribution in [-0.4, -0.2) is 10.9 Å². The fourth-order valence-corrected chi connectivity index (χ4v) is 2.16. The largest absolute Gasteiger partial charge is 0.411 e. The van der Waals surface area contributed by atoms with E-state index in [1.807, 2.05) is 0 Å². The van der Waals surface area contributed by atoms with Crippen molar-refractivity contribution >= 4 is 5.71 Å². The summed E-state index contributed by atoms with van der Waals surface area (Å²) < 4.78 is 13.2. The molecule has 3 nitrogen and oxygen atoms in total. The van der Waals surface area contributed by atoms with Gasteiger partial charge in [-0.1, -0.05) is 5.16 Å². The molecule has 1 aromatic rings. The summed E-state index contributed by atoms with van der Waals surface area (Å²) in [6.07, 6.45) is 1.72. The average molecular weight is 218 g/mol. The van der Waals surface area contributed by atoms with Gasteiger partial charge in [0, 0.05) is 12.0 Å². The minimum atomic E-state index is -0.319. The molecule has 1 aromatic carbocycles. The highest BCUT2D eigenvalue weighted by Crippen LogP contribution is 2.34. The summed E-state index contributed by atoms with van der Waals surface area (Å²) in [4.78, 5) is 0. The lowest BCUT2D eigenvalue weighted by atomic mass is 9.80. The molecule has 16 heavy (non-hydrogen) atoms. The van der Waals surface area contributed by atoms with Crippen LogP contribution >= 0.6 is 0 Å². The van der Waals surface area contributed by atoms with Crippen LogP contribution < -0.4 is 0 Å². The lowest BCUT2D eigenvalue weighted by Gasteiger charge is -2.24. The summed E-state index contributed by atoms with van der Waals surface area (Å²) in [7, 11) is 0. The molecule has 0 radical (unpaired) electrons. The molecular weight excluding hydrogens is 207 g/mol. The molecule has 0 saturated heterocycles. The molecule has 0 fully saturated rings. The molecule has 1 N–H and O–H groups in total. The van der Waals surface area contributed by atoms with Gasteiger partial charge in [0.05, 0.1) is 11.8 Å². The van der Waals surface area contributed by atoms with E-state index in [2.05, 4.69) is 11.2 Å². The van der Waals surface area contributed by atoms with E-state index in [-0.39, 0.29) is 11.7 Å². The number of fused-ring (bicyclic) bond motifs is 1. The second kappa shape index (κ2) is 4.31. The van der Waals surface area contributed by atoms with Crippen LogP contribution in [0.2, 0.25) is 0 Å². The quantitative estimate of drug-likeness (QED) is 0.582. The van der Waals surface area contributed by atoms with Crippen molar-refractivity contribution in [3.05, 3.63) is 35.1 Å². The van der Waals surface area contributed by atoms with E-state index < -0.39 is 0 Å². The van der Waals surface area contributed by atoms with Crippen molar-refractivity contribution in [3.8, 4) is 6.07 Å². The highest BCUT2D eigenvalue weighted by atomic mass is 19.1. The molecule has 1 unspecified atom stereocenters. The number of halogens is 1. The van der Waals surface area contributed by atoms with Crippen molar-refractivity contribution < 1.29 is 9.60 Å². The molecule has 2 rings (SSSR count). The van der Waals surface area contributed by atoms with Gasteiger partial charge < -0.3 is 5.21 Å². The number of rotatable bonds is 1. The van der Waals surface area contributed by atoms with E-state index in [9.17, 15) is 4.39 Å². The van der Waals surface area contributed by atoms with Crippen molar-refractivity contribution in [3.63, 3.8) is 0 Å². The second-order valence-corrected chi connectivity index (χ2v) is 3.88. The summed E-state index contributed by atoms with van der Waals surface area (Å²) in [5, 5.41) is 20.8.